The van der Waals surface area contributed by atoms with Gasteiger partial charge in [0, 0.05) is 31.9 Å². The molecule has 5 heteroatoms. The van der Waals surface area contributed by atoms with Gasteiger partial charge < -0.3 is 14.5 Å². The van der Waals surface area contributed by atoms with Gasteiger partial charge >= 0.3 is 6.09 Å². The number of unbranched alkanes of at least 4 members (excludes halogenated alkanes) is 1. The number of halogens is 1. The van der Waals surface area contributed by atoms with E-state index in [4.69, 9.17) is 4.74 Å². The Morgan fingerprint density at radius 1 is 1.30 bits per heavy atom. The highest BCUT2D eigenvalue weighted by Gasteiger charge is 2.22. The maximum absolute atomic E-state index is 13.2. The molecule has 0 atom stereocenters. The molecule has 0 radical (unpaired) electrons. The van der Waals surface area contributed by atoms with Crippen molar-refractivity contribution >= 4 is 11.8 Å². The van der Waals surface area contributed by atoms with Crippen LogP contribution in [0.25, 0.3) is 0 Å². The van der Waals surface area contributed by atoms with Crippen molar-refractivity contribution in [2.45, 2.75) is 19.8 Å². The number of rotatable bonds is 4. The molecule has 1 heterocycles. The summed E-state index contributed by atoms with van der Waals surface area (Å²) in [5.41, 5.74) is 0.865. The summed E-state index contributed by atoms with van der Waals surface area (Å²) in [6.45, 7) is 5.17. The molecule has 110 valence electrons. The van der Waals surface area contributed by atoms with Crippen LogP contribution in [0.2, 0.25) is 0 Å². The van der Waals surface area contributed by atoms with E-state index in [0.29, 0.717) is 32.8 Å². The van der Waals surface area contributed by atoms with E-state index >= 15 is 0 Å². The van der Waals surface area contributed by atoms with Gasteiger partial charge in [-0.25, -0.2) is 9.18 Å². The second-order valence-corrected chi connectivity index (χ2v) is 4.92. The first-order valence-electron chi connectivity index (χ1n) is 7.13. The minimum Gasteiger partial charge on any atom is -0.449 e. The summed E-state index contributed by atoms with van der Waals surface area (Å²) in [4.78, 5) is 15.6. The lowest BCUT2D eigenvalue weighted by atomic mass is 10.2. The molecular weight excluding hydrogens is 259 g/mol. The number of nitrogens with zero attached hydrogens (tertiary/aromatic N) is 2. The predicted octanol–water partition coefficient (Wildman–Crippen LogP) is 2.88. The number of anilines is 1. The normalized spacial score (nSPS) is 15.3. The SMILES string of the molecule is CCCCOC(=O)N1CCN(c2cccc(F)c2)CC1. The second-order valence-electron chi connectivity index (χ2n) is 4.92. The van der Waals surface area contributed by atoms with Gasteiger partial charge in [-0.3, -0.25) is 0 Å². The molecule has 2 rings (SSSR count). The molecule has 1 saturated heterocycles. The van der Waals surface area contributed by atoms with E-state index in [-0.39, 0.29) is 11.9 Å². The Morgan fingerprint density at radius 3 is 2.70 bits per heavy atom. The quantitative estimate of drug-likeness (QED) is 0.795. The van der Waals surface area contributed by atoms with E-state index < -0.39 is 0 Å². The van der Waals surface area contributed by atoms with Crippen LogP contribution in [0.3, 0.4) is 0 Å². The molecule has 1 aromatic rings. The van der Waals surface area contributed by atoms with Crippen molar-refractivity contribution in [3.8, 4) is 0 Å². The topological polar surface area (TPSA) is 32.8 Å². The Balaban J connectivity index is 1.81. The van der Waals surface area contributed by atoms with Crippen LogP contribution in [0.5, 0.6) is 0 Å². The van der Waals surface area contributed by atoms with Gasteiger partial charge in [0.15, 0.2) is 0 Å². The molecule has 1 aromatic carbocycles. The highest BCUT2D eigenvalue weighted by Crippen LogP contribution is 2.17. The third-order valence-electron chi connectivity index (χ3n) is 3.43. The van der Waals surface area contributed by atoms with Crippen LogP contribution in [-0.4, -0.2) is 43.8 Å². The lowest BCUT2D eigenvalue weighted by molar-refractivity contribution is 0.0989. The van der Waals surface area contributed by atoms with Gasteiger partial charge in [0.2, 0.25) is 0 Å². The first kappa shape index (κ1) is 14.6. The molecule has 1 aliphatic rings. The van der Waals surface area contributed by atoms with E-state index in [1.165, 1.54) is 12.1 Å². The zero-order valence-electron chi connectivity index (χ0n) is 11.8. The lowest BCUT2D eigenvalue weighted by Crippen LogP contribution is -2.49. The molecule has 1 amide bonds. The minimum atomic E-state index is -0.239. The molecular formula is C15H21FN2O2. The lowest BCUT2D eigenvalue weighted by Gasteiger charge is -2.35. The van der Waals surface area contributed by atoms with Crippen LogP contribution in [0.1, 0.15) is 19.8 Å². The zero-order chi connectivity index (χ0) is 14.4. The first-order valence-corrected chi connectivity index (χ1v) is 7.13. The van der Waals surface area contributed by atoms with Crippen LogP contribution in [-0.2, 0) is 4.74 Å². The van der Waals surface area contributed by atoms with Crippen molar-refractivity contribution in [3.63, 3.8) is 0 Å². The predicted molar refractivity (Wildman–Crippen MR) is 76.4 cm³/mol. The molecule has 0 N–H and O–H groups in total. The largest absolute Gasteiger partial charge is 0.449 e. The van der Waals surface area contributed by atoms with Crippen molar-refractivity contribution in [3.05, 3.63) is 30.1 Å². The van der Waals surface area contributed by atoms with Crippen molar-refractivity contribution < 1.29 is 13.9 Å². The smallest absolute Gasteiger partial charge is 0.409 e. The molecule has 0 spiro atoms. The first-order chi connectivity index (χ1) is 9.70. The van der Waals surface area contributed by atoms with Crippen LogP contribution in [0.4, 0.5) is 14.9 Å². The van der Waals surface area contributed by atoms with Crippen molar-refractivity contribution in [2.24, 2.45) is 0 Å². The van der Waals surface area contributed by atoms with Gasteiger partial charge in [-0.05, 0) is 24.6 Å². The van der Waals surface area contributed by atoms with E-state index in [2.05, 4.69) is 11.8 Å². The maximum Gasteiger partial charge on any atom is 0.409 e. The molecule has 0 aromatic heterocycles. The number of piperazine rings is 1. The van der Waals surface area contributed by atoms with Crippen molar-refractivity contribution in [1.29, 1.82) is 0 Å². The third-order valence-corrected chi connectivity index (χ3v) is 3.43. The van der Waals surface area contributed by atoms with Crippen LogP contribution >= 0.6 is 0 Å². The molecule has 0 saturated carbocycles. The minimum absolute atomic E-state index is 0.232. The average Bonchev–Trinajstić information content (AvgIpc) is 2.47. The maximum atomic E-state index is 13.2. The summed E-state index contributed by atoms with van der Waals surface area (Å²) >= 11 is 0. The Kier molecular flexibility index (Phi) is 5.21. The average molecular weight is 280 g/mol. The molecule has 0 unspecified atom stereocenters. The van der Waals surface area contributed by atoms with Gasteiger partial charge in [0.25, 0.3) is 0 Å². The van der Waals surface area contributed by atoms with Gasteiger partial charge in [-0.2, -0.15) is 0 Å². The van der Waals surface area contributed by atoms with E-state index in [1.807, 2.05) is 6.07 Å². The monoisotopic (exact) mass is 280 g/mol. The Hall–Kier alpha value is -1.78. The summed E-state index contributed by atoms with van der Waals surface area (Å²) in [6.07, 6.45) is 1.67. The number of hydrogen-bond acceptors (Lipinski definition) is 3. The number of hydrogen-bond donors (Lipinski definition) is 0. The highest BCUT2D eigenvalue weighted by molar-refractivity contribution is 5.68. The summed E-state index contributed by atoms with van der Waals surface area (Å²) in [7, 11) is 0. The number of carbonyl (C=O) groups is 1. The van der Waals surface area contributed by atoms with Gasteiger partial charge in [0.05, 0.1) is 6.61 Å². The van der Waals surface area contributed by atoms with Crippen LogP contribution in [0, 0.1) is 5.82 Å². The molecule has 0 aliphatic carbocycles. The molecule has 20 heavy (non-hydrogen) atoms. The Morgan fingerprint density at radius 2 is 2.05 bits per heavy atom. The fraction of sp³-hybridized carbons (Fsp3) is 0.533. The van der Waals surface area contributed by atoms with Crippen LogP contribution in [0.15, 0.2) is 24.3 Å². The van der Waals surface area contributed by atoms with Crippen LogP contribution < -0.4 is 4.90 Å². The Bertz CT molecular complexity index is 445. The molecule has 1 aliphatic heterocycles. The Labute approximate surface area is 119 Å². The number of amides is 1. The van der Waals surface area contributed by atoms with E-state index in [9.17, 15) is 9.18 Å². The zero-order valence-corrected chi connectivity index (χ0v) is 11.8. The third kappa shape index (κ3) is 3.85. The summed E-state index contributed by atoms with van der Waals surface area (Å²) in [5, 5.41) is 0. The van der Waals surface area contributed by atoms with Gasteiger partial charge in [-0.15, -0.1) is 0 Å². The van der Waals surface area contributed by atoms with Gasteiger partial charge in [0.1, 0.15) is 5.82 Å². The standard InChI is InChI=1S/C15H21FN2O2/c1-2-3-11-20-15(19)18-9-7-17(8-10-18)14-6-4-5-13(16)12-14/h4-6,12H,2-3,7-11H2,1H3. The summed E-state index contributed by atoms with van der Waals surface area (Å²) < 4.78 is 18.4. The fourth-order valence-electron chi connectivity index (χ4n) is 2.22. The van der Waals surface area contributed by atoms with E-state index in [0.717, 1.165) is 18.5 Å². The number of ether oxygens (including phenoxy) is 1. The fourth-order valence-corrected chi connectivity index (χ4v) is 2.22. The van der Waals surface area contributed by atoms with Crippen molar-refractivity contribution in [2.75, 3.05) is 37.7 Å². The molecule has 0 bridgehead atoms. The number of carbonyl (C=O) groups excluding carboxylic acids is 1. The summed E-state index contributed by atoms with van der Waals surface area (Å²) in [5.74, 6) is -0.232. The highest BCUT2D eigenvalue weighted by atomic mass is 19.1. The number of benzene rings is 1. The second kappa shape index (κ2) is 7.12. The van der Waals surface area contributed by atoms with Crippen molar-refractivity contribution in [1.82, 2.24) is 4.90 Å². The van der Waals surface area contributed by atoms with Gasteiger partial charge in [-0.1, -0.05) is 19.4 Å². The molecule has 1 fully saturated rings. The van der Waals surface area contributed by atoms with E-state index in [1.54, 1.807) is 11.0 Å². The molecule has 4 nitrogen and oxygen atoms in total. The summed E-state index contributed by atoms with van der Waals surface area (Å²) in [6, 6.07) is 6.55.